The van der Waals surface area contributed by atoms with Gasteiger partial charge in [0.05, 0.1) is 16.3 Å². The van der Waals surface area contributed by atoms with E-state index in [-0.39, 0.29) is 11.8 Å². The number of sulfone groups is 1. The molecule has 102 valence electrons. The Balaban J connectivity index is 2.86. The van der Waals surface area contributed by atoms with Gasteiger partial charge in [-0.25, -0.2) is 8.42 Å². The third-order valence-electron chi connectivity index (χ3n) is 2.61. The van der Waals surface area contributed by atoms with Crippen molar-refractivity contribution in [2.75, 3.05) is 17.6 Å². The molecule has 1 atom stereocenters. The van der Waals surface area contributed by atoms with E-state index in [2.05, 4.69) is 5.32 Å². The highest BCUT2D eigenvalue weighted by Gasteiger charge is 2.16. The molecule has 0 aliphatic carbocycles. The topological polar surface area (TPSA) is 72.2 Å². The van der Waals surface area contributed by atoms with Crippen LogP contribution in [0, 0.1) is 0 Å². The fourth-order valence-corrected chi connectivity index (χ4v) is 3.22. The number of rotatable bonds is 7. The molecule has 4 nitrogen and oxygen atoms in total. The summed E-state index contributed by atoms with van der Waals surface area (Å²) in [6.45, 7) is 4.47. The zero-order valence-corrected chi connectivity index (χ0v) is 11.8. The molecule has 0 spiro atoms. The number of nitrogens with two attached hydrogens (primary N) is 1. The predicted molar refractivity (Wildman–Crippen MR) is 75.5 cm³/mol. The van der Waals surface area contributed by atoms with Crippen LogP contribution in [0.3, 0.4) is 0 Å². The molecule has 3 N–H and O–H groups in total. The maximum Gasteiger partial charge on any atom is 0.180 e. The lowest BCUT2D eigenvalue weighted by molar-refractivity contribution is 0.595. The molecule has 0 heterocycles. The van der Waals surface area contributed by atoms with Crippen molar-refractivity contribution in [1.82, 2.24) is 0 Å². The summed E-state index contributed by atoms with van der Waals surface area (Å²) in [5.74, 6) is 0.180. The molecule has 0 radical (unpaired) electrons. The van der Waals surface area contributed by atoms with Crippen LogP contribution in [-0.2, 0) is 9.84 Å². The molecule has 0 saturated heterocycles. The van der Waals surface area contributed by atoms with Gasteiger partial charge in [-0.3, -0.25) is 0 Å². The summed E-state index contributed by atoms with van der Waals surface area (Å²) < 4.78 is 24.2. The molecule has 0 fully saturated rings. The number of nitrogens with one attached hydrogen (secondary N) is 1. The minimum absolute atomic E-state index is 0.108. The third kappa shape index (κ3) is 4.31. The lowest BCUT2D eigenvalue weighted by Crippen LogP contribution is -2.20. The lowest BCUT2D eigenvalue weighted by atomic mass is 10.2. The van der Waals surface area contributed by atoms with Crippen LogP contribution >= 0.6 is 0 Å². The van der Waals surface area contributed by atoms with Gasteiger partial charge in [0.15, 0.2) is 9.84 Å². The second-order valence-corrected chi connectivity index (χ2v) is 6.59. The average molecular weight is 270 g/mol. The first-order valence-corrected chi connectivity index (χ1v) is 7.94. The smallest absolute Gasteiger partial charge is 0.180 e. The maximum absolute atomic E-state index is 12.1. The van der Waals surface area contributed by atoms with Crippen molar-refractivity contribution >= 4 is 15.5 Å². The zero-order valence-electron chi connectivity index (χ0n) is 11.0. The van der Waals surface area contributed by atoms with Crippen LogP contribution in [-0.4, -0.2) is 26.8 Å². The van der Waals surface area contributed by atoms with Crippen LogP contribution in [0.4, 0.5) is 5.69 Å². The normalized spacial score (nSPS) is 13.3. The first kappa shape index (κ1) is 15.0. The summed E-state index contributed by atoms with van der Waals surface area (Å²) >= 11 is 0. The average Bonchev–Trinajstić information content (AvgIpc) is 2.29. The van der Waals surface area contributed by atoms with Gasteiger partial charge >= 0.3 is 0 Å². The fourth-order valence-electron chi connectivity index (χ4n) is 1.70. The van der Waals surface area contributed by atoms with E-state index in [9.17, 15) is 8.42 Å². The molecule has 0 bridgehead atoms. The van der Waals surface area contributed by atoms with Crippen LogP contribution in [0.5, 0.6) is 0 Å². The summed E-state index contributed by atoms with van der Waals surface area (Å²) in [6.07, 6.45) is 1.43. The standard InChI is InChI=1S/C13H22N2O2S/c1-3-10-18(16,17)13-7-5-4-6-12(13)15-9-8-11(2)14/h4-7,11,15H,3,8-10,14H2,1-2H3. The van der Waals surface area contributed by atoms with E-state index in [1.54, 1.807) is 18.2 Å². The van der Waals surface area contributed by atoms with E-state index in [1.165, 1.54) is 0 Å². The summed E-state index contributed by atoms with van der Waals surface area (Å²) in [4.78, 5) is 0.386. The van der Waals surface area contributed by atoms with Gasteiger partial charge in [0.2, 0.25) is 0 Å². The Morgan fingerprint density at radius 2 is 2.00 bits per heavy atom. The van der Waals surface area contributed by atoms with Crippen molar-refractivity contribution < 1.29 is 8.42 Å². The van der Waals surface area contributed by atoms with E-state index >= 15 is 0 Å². The Kier molecular flexibility index (Phi) is 5.62. The minimum Gasteiger partial charge on any atom is -0.384 e. The first-order valence-electron chi connectivity index (χ1n) is 6.28. The Hall–Kier alpha value is -1.07. The fraction of sp³-hybridized carbons (Fsp3) is 0.538. The number of para-hydroxylation sites is 1. The molecule has 1 aromatic carbocycles. The number of benzene rings is 1. The number of anilines is 1. The van der Waals surface area contributed by atoms with Gasteiger partial charge in [-0.2, -0.15) is 0 Å². The Morgan fingerprint density at radius 1 is 1.33 bits per heavy atom. The Morgan fingerprint density at radius 3 is 2.61 bits per heavy atom. The molecule has 1 unspecified atom stereocenters. The van der Waals surface area contributed by atoms with Crippen molar-refractivity contribution in [3.05, 3.63) is 24.3 Å². The molecule has 0 amide bonds. The molecular formula is C13H22N2O2S. The zero-order chi connectivity index (χ0) is 13.6. The third-order valence-corrected chi connectivity index (χ3v) is 4.58. The molecule has 0 aromatic heterocycles. The Bertz CT molecular complexity index is 470. The van der Waals surface area contributed by atoms with E-state index < -0.39 is 9.84 Å². The van der Waals surface area contributed by atoms with E-state index in [0.717, 1.165) is 6.42 Å². The summed E-state index contributed by atoms with van der Waals surface area (Å²) in [7, 11) is -3.19. The van der Waals surface area contributed by atoms with Crippen LogP contribution in [0.2, 0.25) is 0 Å². The van der Waals surface area contributed by atoms with Crippen molar-refractivity contribution in [1.29, 1.82) is 0 Å². The van der Waals surface area contributed by atoms with Crippen molar-refractivity contribution in [2.45, 2.75) is 37.6 Å². The number of hydrogen-bond acceptors (Lipinski definition) is 4. The van der Waals surface area contributed by atoms with Crippen LogP contribution in [0.25, 0.3) is 0 Å². The molecule has 0 saturated carbocycles. The molecule has 0 aliphatic heterocycles. The van der Waals surface area contributed by atoms with Crippen LogP contribution in [0.1, 0.15) is 26.7 Å². The second-order valence-electron chi connectivity index (χ2n) is 4.51. The monoisotopic (exact) mass is 270 g/mol. The van der Waals surface area contributed by atoms with Crippen LogP contribution in [0.15, 0.2) is 29.2 Å². The predicted octanol–water partition coefficient (Wildman–Crippen LogP) is 2.02. The lowest BCUT2D eigenvalue weighted by Gasteiger charge is -2.13. The van der Waals surface area contributed by atoms with Crippen molar-refractivity contribution in [3.8, 4) is 0 Å². The highest BCUT2D eigenvalue weighted by atomic mass is 32.2. The van der Waals surface area contributed by atoms with E-state index in [0.29, 0.717) is 23.5 Å². The Labute approximate surface area is 110 Å². The maximum atomic E-state index is 12.1. The SMILES string of the molecule is CCCS(=O)(=O)c1ccccc1NCCC(C)N. The second kappa shape index (κ2) is 6.75. The molecule has 0 aliphatic rings. The summed E-state index contributed by atoms with van der Waals surface area (Å²) in [5, 5.41) is 3.15. The molecule has 1 aromatic rings. The molecule has 5 heteroatoms. The molecule has 18 heavy (non-hydrogen) atoms. The summed E-state index contributed by atoms with van der Waals surface area (Å²) in [5.41, 5.74) is 6.34. The highest BCUT2D eigenvalue weighted by Crippen LogP contribution is 2.22. The van der Waals surface area contributed by atoms with E-state index in [4.69, 9.17) is 5.73 Å². The largest absolute Gasteiger partial charge is 0.384 e. The number of hydrogen-bond donors (Lipinski definition) is 2. The van der Waals surface area contributed by atoms with Gasteiger partial charge in [0.1, 0.15) is 0 Å². The van der Waals surface area contributed by atoms with Gasteiger partial charge in [0, 0.05) is 12.6 Å². The van der Waals surface area contributed by atoms with Gasteiger partial charge < -0.3 is 11.1 Å². The van der Waals surface area contributed by atoms with Gasteiger partial charge in [-0.15, -0.1) is 0 Å². The van der Waals surface area contributed by atoms with Crippen LogP contribution < -0.4 is 11.1 Å². The van der Waals surface area contributed by atoms with Gasteiger partial charge in [-0.05, 0) is 31.9 Å². The van der Waals surface area contributed by atoms with Crippen molar-refractivity contribution in [3.63, 3.8) is 0 Å². The first-order chi connectivity index (χ1) is 8.47. The quantitative estimate of drug-likeness (QED) is 0.795. The van der Waals surface area contributed by atoms with Crippen molar-refractivity contribution in [2.24, 2.45) is 5.73 Å². The van der Waals surface area contributed by atoms with Gasteiger partial charge in [0.25, 0.3) is 0 Å². The van der Waals surface area contributed by atoms with E-state index in [1.807, 2.05) is 19.9 Å². The molecular weight excluding hydrogens is 248 g/mol. The highest BCUT2D eigenvalue weighted by molar-refractivity contribution is 7.91. The van der Waals surface area contributed by atoms with Gasteiger partial charge in [-0.1, -0.05) is 19.1 Å². The molecule has 1 rings (SSSR count). The summed E-state index contributed by atoms with van der Waals surface area (Å²) in [6, 6.07) is 7.14. The minimum atomic E-state index is -3.19.